The van der Waals surface area contributed by atoms with Gasteiger partial charge in [-0.2, -0.15) is 0 Å². The van der Waals surface area contributed by atoms with Crippen molar-refractivity contribution in [3.63, 3.8) is 0 Å². The maximum Gasteiger partial charge on any atom is 0.119 e. The van der Waals surface area contributed by atoms with Crippen molar-refractivity contribution >= 4 is 0 Å². The zero-order valence-corrected chi connectivity index (χ0v) is 11.9. The predicted octanol–water partition coefficient (Wildman–Crippen LogP) is 2.72. The van der Waals surface area contributed by atoms with Crippen molar-refractivity contribution in [1.29, 1.82) is 0 Å². The molecule has 3 N–H and O–H groups in total. The molecule has 0 bridgehead atoms. The van der Waals surface area contributed by atoms with Crippen LogP contribution >= 0.6 is 0 Å². The minimum Gasteiger partial charge on any atom is -0.491 e. The first kappa shape index (κ1) is 15.0. The molecule has 18 heavy (non-hydrogen) atoms. The van der Waals surface area contributed by atoms with Gasteiger partial charge in [-0.1, -0.05) is 25.5 Å². The smallest absolute Gasteiger partial charge is 0.119 e. The Morgan fingerprint density at radius 2 is 1.83 bits per heavy atom. The van der Waals surface area contributed by atoms with Gasteiger partial charge in [-0.3, -0.25) is 0 Å². The Labute approximate surface area is 111 Å². The second-order valence-corrected chi connectivity index (χ2v) is 4.99. The van der Waals surface area contributed by atoms with Gasteiger partial charge in [0, 0.05) is 6.04 Å². The van der Waals surface area contributed by atoms with Crippen molar-refractivity contribution in [3.05, 3.63) is 29.8 Å². The molecule has 0 heterocycles. The van der Waals surface area contributed by atoms with Crippen LogP contribution < -0.4 is 15.8 Å². The van der Waals surface area contributed by atoms with Crippen molar-refractivity contribution in [2.45, 2.75) is 39.3 Å². The Hall–Kier alpha value is -1.06. The zero-order valence-electron chi connectivity index (χ0n) is 11.9. The lowest BCUT2D eigenvalue weighted by molar-refractivity contribution is 0.242. The molecule has 0 aromatic heterocycles. The van der Waals surface area contributed by atoms with Crippen LogP contribution in [-0.2, 0) is 0 Å². The van der Waals surface area contributed by atoms with Gasteiger partial charge in [-0.05, 0) is 51.1 Å². The van der Waals surface area contributed by atoms with E-state index in [-0.39, 0.29) is 12.1 Å². The van der Waals surface area contributed by atoms with Gasteiger partial charge in [-0.25, -0.2) is 0 Å². The van der Waals surface area contributed by atoms with Crippen LogP contribution in [0, 0.1) is 5.92 Å². The molecule has 1 aromatic rings. The summed E-state index contributed by atoms with van der Waals surface area (Å²) in [5.41, 5.74) is 7.48. The molecule has 3 nitrogen and oxygen atoms in total. The minimum absolute atomic E-state index is 0.0792. The fourth-order valence-electron chi connectivity index (χ4n) is 2.10. The molecular formula is C15H26N2O. The highest BCUT2D eigenvalue weighted by Gasteiger charge is 2.17. The Morgan fingerprint density at radius 1 is 1.22 bits per heavy atom. The third-order valence-corrected chi connectivity index (χ3v) is 3.14. The number of rotatable bonds is 7. The zero-order chi connectivity index (χ0) is 13.5. The number of ether oxygens (including phenoxy) is 1. The van der Waals surface area contributed by atoms with E-state index >= 15 is 0 Å². The van der Waals surface area contributed by atoms with E-state index in [1.165, 1.54) is 5.56 Å². The minimum atomic E-state index is 0.0792. The number of nitrogens with two attached hydrogens (primary N) is 1. The van der Waals surface area contributed by atoms with Crippen LogP contribution in [0.5, 0.6) is 5.75 Å². The van der Waals surface area contributed by atoms with E-state index in [0.29, 0.717) is 5.92 Å². The number of hydrogen-bond donors (Lipinski definition) is 2. The van der Waals surface area contributed by atoms with E-state index in [4.69, 9.17) is 10.5 Å². The van der Waals surface area contributed by atoms with Crippen molar-refractivity contribution in [3.8, 4) is 5.75 Å². The Morgan fingerprint density at radius 3 is 2.28 bits per heavy atom. The maximum absolute atomic E-state index is 6.31. The van der Waals surface area contributed by atoms with Crippen molar-refractivity contribution in [2.24, 2.45) is 11.7 Å². The third-order valence-electron chi connectivity index (χ3n) is 3.14. The predicted molar refractivity (Wildman–Crippen MR) is 76.8 cm³/mol. The first-order valence-corrected chi connectivity index (χ1v) is 6.75. The number of hydrogen-bond acceptors (Lipinski definition) is 3. The van der Waals surface area contributed by atoms with Gasteiger partial charge in [0.25, 0.3) is 0 Å². The first-order valence-electron chi connectivity index (χ1n) is 6.75. The Balaban J connectivity index is 2.71. The molecule has 0 spiro atoms. The number of benzene rings is 1. The lowest BCUT2D eigenvalue weighted by Crippen LogP contribution is -2.29. The summed E-state index contributed by atoms with van der Waals surface area (Å²) in [7, 11) is 1.97. The summed E-state index contributed by atoms with van der Waals surface area (Å²) in [4.78, 5) is 0. The summed E-state index contributed by atoms with van der Waals surface area (Å²) in [6.07, 6.45) is 1.28. The molecule has 0 aliphatic heterocycles. The van der Waals surface area contributed by atoms with Crippen LogP contribution in [0.3, 0.4) is 0 Å². The van der Waals surface area contributed by atoms with Gasteiger partial charge in [0.2, 0.25) is 0 Å². The molecule has 0 amide bonds. The average Bonchev–Trinajstić information content (AvgIpc) is 2.35. The fraction of sp³-hybridized carbons (Fsp3) is 0.600. The molecule has 0 radical (unpaired) electrons. The molecule has 0 saturated heterocycles. The maximum atomic E-state index is 6.31. The van der Waals surface area contributed by atoms with Gasteiger partial charge < -0.3 is 15.8 Å². The second-order valence-electron chi connectivity index (χ2n) is 4.99. The van der Waals surface area contributed by atoms with Crippen molar-refractivity contribution in [1.82, 2.24) is 5.32 Å². The monoisotopic (exact) mass is 250 g/mol. The molecule has 3 heteroatoms. The molecule has 0 fully saturated rings. The standard InChI is InChI=1S/C15H26N2O/c1-5-12(10-17-4)15(16)13-6-8-14(9-7-13)18-11(2)3/h6-9,11-12,15,17H,5,10,16H2,1-4H3. The van der Waals surface area contributed by atoms with Gasteiger partial charge in [0.1, 0.15) is 5.75 Å². The van der Waals surface area contributed by atoms with E-state index in [1.54, 1.807) is 0 Å². The van der Waals surface area contributed by atoms with Crippen LogP contribution in [0.15, 0.2) is 24.3 Å². The molecule has 2 unspecified atom stereocenters. The van der Waals surface area contributed by atoms with Gasteiger partial charge in [-0.15, -0.1) is 0 Å². The second kappa shape index (κ2) is 7.39. The highest BCUT2D eigenvalue weighted by molar-refractivity contribution is 5.29. The molecule has 0 aliphatic carbocycles. The highest BCUT2D eigenvalue weighted by atomic mass is 16.5. The van der Waals surface area contributed by atoms with E-state index in [9.17, 15) is 0 Å². The van der Waals surface area contributed by atoms with Crippen LogP contribution in [0.2, 0.25) is 0 Å². The molecule has 1 rings (SSSR count). The largest absolute Gasteiger partial charge is 0.491 e. The lowest BCUT2D eigenvalue weighted by Gasteiger charge is -2.23. The molecular weight excluding hydrogens is 224 g/mol. The van der Waals surface area contributed by atoms with Crippen LogP contribution in [-0.4, -0.2) is 19.7 Å². The van der Waals surface area contributed by atoms with Gasteiger partial charge in [0.05, 0.1) is 6.10 Å². The van der Waals surface area contributed by atoms with E-state index in [2.05, 4.69) is 24.4 Å². The topological polar surface area (TPSA) is 47.3 Å². The van der Waals surface area contributed by atoms with E-state index in [0.717, 1.165) is 18.7 Å². The fourth-order valence-corrected chi connectivity index (χ4v) is 2.10. The molecule has 1 aromatic carbocycles. The van der Waals surface area contributed by atoms with Gasteiger partial charge >= 0.3 is 0 Å². The van der Waals surface area contributed by atoms with Crippen molar-refractivity contribution in [2.75, 3.05) is 13.6 Å². The summed E-state index contributed by atoms with van der Waals surface area (Å²) in [5, 5.41) is 3.20. The van der Waals surface area contributed by atoms with E-state index < -0.39 is 0 Å². The summed E-state index contributed by atoms with van der Waals surface area (Å²) in [6, 6.07) is 8.22. The van der Waals surface area contributed by atoms with Crippen LogP contribution in [0.4, 0.5) is 0 Å². The van der Waals surface area contributed by atoms with E-state index in [1.807, 2.05) is 33.0 Å². The van der Waals surface area contributed by atoms with Crippen LogP contribution in [0.25, 0.3) is 0 Å². The summed E-state index contributed by atoms with van der Waals surface area (Å²) >= 11 is 0. The summed E-state index contributed by atoms with van der Waals surface area (Å²) < 4.78 is 5.63. The highest BCUT2D eigenvalue weighted by Crippen LogP contribution is 2.24. The SMILES string of the molecule is CCC(CNC)C(N)c1ccc(OC(C)C)cc1. The Bertz CT molecular complexity index is 335. The van der Waals surface area contributed by atoms with Crippen LogP contribution in [0.1, 0.15) is 38.8 Å². The molecule has 2 atom stereocenters. The molecule has 0 aliphatic rings. The lowest BCUT2D eigenvalue weighted by atomic mass is 9.91. The average molecular weight is 250 g/mol. The quantitative estimate of drug-likeness (QED) is 0.782. The van der Waals surface area contributed by atoms with Crippen molar-refractivity contribution < 1.29 is 4.74 Å². The number of nitrogens with one attached hydrogen (secondary N) is 1. The molecule has 102 valence electrons. The summed E-state index contributed by atoms with van der Waals surface area (Å²) in [5.74, 6) is 1.37. The first-order chi connectivity index (χ1) is 8.58. The third kappa shape index (κ3) is 4.31. The molecule has 0 saturated carbocycles. The normalized spacial score (nSPS) is 14.6. The summed E-state index contributed by atoms with van der Waals surface area (Å²) in [6.45, 7) is 7.18. The van der Waals surface area contributed by atoms with Gasteiger partial charge in [0.15, 0.2) is 0 Å². The Kier molecular flexibility index (Phi) is 6.16.